The van der Waals surface area contributed by atoms with E-state index in [1.54, 1.807) is 0 Å². The predicted octanol–water partition coefficient (Wildman–Crippen LogP) is -0.840. The van der Waals surface area contributed by atoms with Crippen molar-refractivity contribution in [2.45, 2.75) is 43.7 Å². The third-order valence-corrected chi connectivity index (χ3v) is 2.60. The monoisotopic (exact) mass is 234 g/mol. The summed E-state index contributed by atoms with van der Waals surface area (Å²) in [7, 11) is 1.15. The molecule has 6 nitrogen and oxygen atoms in total. The second-order valence-electron chi connectivity index (χ2n) is 3.98. The van der Waals surface area contributed by atoms with E-state index in [9.17, 15) is 15.0 Å². The van der Waals surface area contributed by atoms with E-state index in [-0.39, 0.29) is 13.0 Å². The smallest absolute Gasteiger partial charge is 0.366 e. The average molecular weight is 234 g/mol. The summed E-state index contributed by atoms with van der Waals surface area (Å²) in [6.45, 7) is 0.00656. The number of rotatable bonds is 4. The van der Waals surface area contributed by atoms with E-state index in [1.165, 1.54) is 0 Å². The fourth-order valence-electron chi connectivity index (χ4n) is 1.86. The normalized spacial score (nSPS) is 34.8. The fourth-order valence-corrected chi connectivity index (χ4v) is 1.86. The molecule has 0 aromatic heterocycles. The van der Waals surface area contributed by atoms with E-state index >= 15 is 0 Å². The summed E-state index contributed by atoms with van der Waals surface area (Å²) in [5.74, 6) is -2.97. The highest BCUT2D eigenvalue weighted by atomic mass is 16.7. The van der Waals surface area contributed by atoms with Crippen molar-refractivity contribution >= 4 is 5.97 Å². The average Bonchev–Trinajstić information content (AvgIpc) is 2.24. The number of aliphatic hydroxyl groups is 3. The predicted molar refractivity (Wildman–Crippen MR) is 53.4 cm³/mol. The Hall–Kier alpha value is -0.690. The van der Waals surface area contributed by atoms with Gasteiger partial charge in [-0.3, -0.25) is 0 Å². The molecule has 0 saturated carbocycles. The molecule has 0 aromatic rings. The molecule has 0 spiro atoms. The van der Waals surface area contributed by atoms with Gasteiger partial charge < -0.3 is 24.8 Å². The van der Waals surface area contributed by atoms with Crippen molar-refractivity contribution in [3.63, 3.8) is 0 Å². The van der Waals surface area contributed by atoms with Crippen LogP contribution in [0.1, 0.15) is 25.7 Å². The van der Waals surface area contributed by atoms with Gasteiger partial charge in [-0.25, -0.2) is 4.79 Å². The maximum atomic E-state index is 11.3. The zero-order valence-corrected chi connectivity index (χ0v) is 9.26. The Morgan fingerprint density at radius 3 is 2.88 bits per heavy atom. The van der Waals surface area contributed by atoms with Gasteiger partial charge in [0.05, 0.1) is 19.3 Å². The first kappa shape index (κ1) is 13.4. The number of methoxy groups -OCH3 is 1. The Morgan fingerprint density at radius 2 is 2.31 bits per heavy atom. The van der Waals surface area contributed by atoms with E-state index in [0.717, 1.165) is 7.11 Å². The van der Waals surface area contributed by atoms with Gasteiger partial charge in [0.1, 0.15) is 0 Å². The van der Waals surface area contributed by atoms with E-state index in [0.29, 0.717) is 19.3 Å². The molecule has 0 aromatic carbocycles. The van der Waals surface area contributed by atoms with Gasteiger partial charge in [-0.15, -0.1) is 0 Å². The lowest BCUT2D eigenvalue weighted by Crippen LogP contribution is -2.52. The Labute approximate surface area is 93.8 Å². The molecule has 0 amide bonds. The lowest BCUT2D eigenvalue weighted by Gasteiger charge is -2.37. The quantitative estimate of drug-likeness (QED) is 0.549. The molecule has 0 radical (unpaired) electrons. The van der Waals surface area contributed by atoms with Crippen molar-refractivity contribution in [2.75, 3.05) is 13.7 Å². The minimum Gasteiger partial charge on any atom is -0.465 e. The molecule has 3 atom stereocenters. The van der Waals surface area contributed by atoms with Gasteiger partial charge in [0.2, 0.25) is 0 Å². The number of carbonyl (C=O) groups is 1. The van der Waals surface area contributed by atoms with Crippen LogP contribution in [0.3, 0.4) is 0 Å². The summed E-state index contributed by atoms with van der Waals surface area (Å²) in [6, 6.07) is 0. The molecule has 16 heavy (non-hydrogen) atoms. The molecule has 0 bridgehead atoms. The van der Waals surface area contributed by atoms with E-state index < -0.39 is 24.0 Å². The van der Waals surface area contributed by atoms with Gasteiger partial charge >= 0.3 is 5.97 Å². The second-order valence-corrected chi connectivity index (χ2v) is 3.98. The van der Waals surface area contributed by atoms with Gasteiger partial charge in [0, 0.05) is 13.0 Å². The van der Waals surface area contributed by atoms with E-state index in [4.69, 9.17) is 9.84 Å². The molecular formula is C10H18O6. The third kappa shape index (κ3) is 3.15. The van der Waals surface area contributed by atoms with E-state index in [2.05, 4.69) is 4.74 Å². The van der Waals surface area contributed by atoms with Crippen LogP contribution < -0.4 is 0 Å². The van der Waals surface area contributed by atoms with Gasteiger partial charge in [0.25, 0.3) is 5.79 Å². The largest absolute Gasteiger partial charge is 0.465 e. The first-order valence-corrected chi connectivity index (χ1v) is 5.29. The third-order valence-electron chi connectivity index (χ3n) is 2.60. The highest BCUT2D eigenvalue weighted by Crippen LogP contribution is 2.30. The molecule has 94 valence electrons. The van der Waals surface area contributed by atoms with Crippen LogP contribution in [-0.2, 0) is 14.3 Å². The van der Waals surface area contributed by atoms with Crippen molar-refractivity contribution in [1.82, 2.24) is 0 Å². The molecule has 1 saturated heterocycles. The van der Waals surface area contributed by atoms with Crippen molar-refractivity contribution in [3.8, 4) is 0 Å². The fraction of sp³-hybridized carbons (Fsp3) is 0.900. The summed E-state index contributed by atoms with van der Waals surface area (Å²) in [4.78, 5) is 11.3. The highest BCUT2D eigenvalue weighted by Gasteiger charge is 2.46. The number of hydrogen-bond acceptors (Lipinski definition) is 6. The van der Waals surface area contributed by atoms with E-state index in [1.807, 2.05) is 0 Å². The second kappa shape index (κ2) is 5.58. The van der Waals surface area contributed by atoms with Crippen LogP contribution in [0.2, 0.25) is 0 Å². The highest BCUT2D eigenvalue weighted by molar-refractivity contribution is 5.77. The number of ether oxygens (including phenoxy) is 2. The Bertz CT molecular complexity index is 243. The summed E-state index contributed by atoms with van der Waals surface area (Å²) in [5, 5.41) is 28.1. The maximum absolute atomic E-state index is 11.3. The Balaban J connectivity index is 2.62. The minimum atomic E-state index is -2.06. The molecule has 1 aliphatic rings. The number of hydrogen-bond donors (Lipinski definition) is 3. The van der Waals surface area contributed by atoms with Crippen molar-refractivity contribution < 1.29 is 29.6 Å². The standard InChI is InChI=1S/C10H18O6/c1-15-9(13)10(14)6-7(12)5-8(16-10)3-2-4-11/h7-8,11-12,14H,2-6H2,1H3. The zero-order valence-electron chi connectivity index (χ0n) is 9.26. The van der Waals surface area contributed by atoms with Crippen LogP contribution in [0, 0.1) is 0 Å². The Morgan fingerprint density at radius 1 is 1.62 bits per heavy atom. The maximum Gasteiger partial charge on any atom is 0.366 e. The molecule has 6 heteroatoms. The van der Waals surface area contributed by atoms with Crippen LogP contribution in [-0.4, -0.2) is 53.0 Å². The molecule has 1 aliphatic heterocycles. The molecule has 1 heterocycles. The number of aliphatic hydroxyl groups excluding tert-OH is 2. The van der Waals surface area contributed by atoms with Gasteiger partial charge in [-0.2, -0.15) is 0 Å². The van der Waals surface area contributed by atoms with Gasteiger partial charge in [-0.05, 0) is 19.3 Å². The molecule has 1 fully saturated rings. The van der Waals surface area contributed by atoms with Gasteiger partial charge in [0.15, 0.2) is 0 Å². The zero-order chi connectivity index (χ0) is 12.2. The summed E-state index contributed by atoms with van der Waals surface area (Å²) < 4.78 is 9.63. The Kier molecular flexibility index (Phi) is 4.67. The first-order valence-electron chi connectivity index (χ1n) is 5.29. The van der Waals surface area contributed by atoms with Crippen molar-refractivity contribution in [3.05, 3.63) is 0 Å². The summed E-state index contributed by atoms with van der Waals surface area (Å²) in [6.07, 6.45) is -0.114. The van der Waals surface area contributed by atoms with Crippen LogP contribution >= 0.6 is 0 Å². The molecule has 3 unspecified atom stereocenters. The molecule has 3 N–H and O–H groups in total. The molecule has 0 aliphatic carbocycles. The summed E-state index contributed by atoms with van der Waals surface area (Å²) in [5.41, 5.74) is 0. The van der Waals surface area contributed by atoms with Crippen LogP contribution in [0.4, 0.5) is 0 Å². The minimum absolute atomic E-state index is 0.00656. The van der Waals surface area contributed by atoms with Crippen LogP contribution in [0.5, 0.6) is 0 Å². The van der Waals surface area contributed by atoms with Gasteiger partial charge in [-0.1, -0.05) is 0 Å². The lowest BCUT2D eigenvalue weighted by molar-refractivity contribution is -0.272. The number of esters is 1. The van der Waals surface area contributed by atoms with Crippen LogP contribution in [0.15, 0.2) is 0 Å². The first-order chi connectivity index (χ1) is 7.51. The molecular weight excluding hydrogens is 216 g/mol. The topological polar surface area (TPSA) is 96.2 Å². The van der Waals surface area contributed by atoms with Crippen molar-refractivity contribution in [1.29, 1.82) is 0 Å². The lowest BCUT2D eigenvalue weighted by atomic mass is 9.96. The van der Waals surface area contributed by atoms with Crippen LogP contribution in [0.25, 0.3) is 0 Å². The molecule has 1 rings (SSSR count). The number of carbonyl (C=O) groups excluding carboxylic acids is 1. The van der Waals surface area contributed by atoms with Crippen molar-refractivity contribution in [2.24, 2.45) is 0 Å². The SMILES string of the molecule is COC(=O)C1(O)CC(O)CC(CCCO)O1. The summed E-state index contributed by atoms with van der Waals surface area (Å²) >= 11 is 0.